The molecule has 1 heterocycles. The Bertz CT molecular complexity index is 618. The molecular formula is C15H17BrN2O2. The van der Waals surface area contributed by atoms with Crippen LogP contribution in [0.5, 0.6) is 0 Å². The zero-order valence-electron chi connectivity index (χ0n) is 11.6. The molecule has 0 aliphatic rings. The van der Waals surface area contributed by atoms with Crippen molar-refractivity contribution < 1.29 is 9.90 Å². The molecule has 0 aliphatic heterocycles. The van der Waals surface area contributed by atoms with E-state index in [0.717, 1.165) is 33.5 Å². The van der Waals surface area contributed by atoms with E-state index in [2.05, 4.69) is 21.0 Å². The summed E-state index contributed by atoms with van der Waals surface area (Å²) in [5.74, 6) is -0.742. The quantitative estimate of drug-likeness (QED) is 0.906. The average Bonchev–Trinajstić information content (AvgIpc) is 2.67. The minimum Gasteiger partial charge on any atom is -0.481 e. The van der Waals surface area contributed by atoms with Gasteiger partial charge in [-0.15, -0.1) is 0 Å². The lowest BCUT2D eigenvalue weighted by Gasteiger charge is -2.06. The van der Waals surface area contributed by atoms with Crippen molar-refractivity contribution in [1.29, 1.82) is 0 Å². The topological polar surface area (TPSA) is 55.1 Å². The highest BCUT2D eigenvalue weighted by molar-refractivity contribution is 9.10. The van der Waals surface area contributed by atoms with Gasteiger partial charge in [-0.25, -0.2) is 4.68 Å². The van der Waals surface area contributed by atoms with Crippen molar-refractivity contribution in [2.75, 3.05) is 0 Å². The number of carboxylic acids is 1. The first-order valence-corrected chi connectivity index (χ1v) is 7.31. The fourth-order valence-corrected chi connectivity index (χ4v) is 2.37. The van der Waals surface area contributed by atoms with Crippen LogP contribution in [0, 0.1) is 13.8 Å². The van der Waals surface area contributed by atoms with Crippen LogP contribution in [-0.4, -0.2) is 20.9 Å². The highest BCUT2D eigenvalue weighted by Gasteiger charge is 2.10. The molecule has 0 atom stereocenters. The van der Waals surface area contributed by atoms with Crippen LogP contribution >= 0.6 is 15.9 Å². The van der Waals surface area contributed by atoms with E-state index in [0.29, 0.717) is 6.42 Å². The van der Waals surface area contributed by atoms with Crippen LogP contribution in [0.3, 0.4) is 0 Å². The molecule has 2 aromatic rings. The molecule has 20 heavy (non-hydrogen) atoms. The van der Waals surface area contributed by atoms with Gasteiger partial charge in [0.25, 0.3) is 0 Å². The third kappa shape index (κ3) is 3.28. The fraction of sp³-hybridized carbons (Fsp3) is 0.333. The van der Waals surface area contributed by atoms with E-state index in [1.807, 2.05) is 42.8 Å². The van der Waals surface area contributed by atoms with Crippen molar-refractivity contribution in [2.24, 2.45) is 0 Å². The van der Waals surface area contributed by atoms with Gasteiger partial charge in [-0.3, -0.25) is 4.79 Å². The van der Waals surface area contributed by atoms with E-state index in [9.17, 15) is 4.79 Å². The van der Waals surface area contributed by atoms with Gasteiger partial charge in [0, 0.05) is 6.42 Å². The number of hydrogen-bond acceptors (Lipinski definition) is 2. The number of rotatable bonds is 5. The molecule has 0 radical (unpaired) electrons. The first kappa shape index (κ1) is 14.8. The van der Waals surface area contributed by atoms with E-state index in [-0.39, 0.29) is 6.42 Å². The Labute approximate surface area is 126 Å². The van der Waals surface area contributed by atoms with Gasteiger partial charge in [-0.1, -0.05) is 12.1 Å². The highest BCUT2D eigenvalue weighted by Crippen LogP contribution is 2.23. The Kier molecular flexibility index (Phi) is 4.60. The zero-order valence-corrected chi connectivity index (χ0v) is 13.1. The standard InChI is InChI=1S/C15H17BrN2O2/c1-10-15(16)11(2)18(17-10)13-8-6-12(7-9-13)4-3-5-14(19)20/h6-9H,3-5H2,1-2H3,(H,19,20). The Hall–Kier alpha value is -1.62. The molecule has 1 N–H and O–H groups in total. The minimum atomic E-state index is -0.742. The maximum absolute atomic E-state index is 10.5. The number of nitrogens with zero attached hydrogens (tertiary/aromatic N) is 2. The molecular weight excluding hydrogens is 320 g/mol. The van der Waals surface area contributed by atoms with E-state index in [1.165, 1.54) is 0 Å². The van der Waals surface area contributed by atoms with Gasteiger partial charge in [0.05, 0.1) is 21.5 Å². The number of benzene rings is 1. The van der Waals surface area contributed by atoms with E-state index in [1.54, 1.807) is 0 Å². The predicted molar refractivity (Wildman–Crippen MR) is 81.3 cm³/mol. The molecule has 0 unspecified atom stereocenters. The molecule has 2 rings (SSSR count). The molecule has 1 aromatic heterocycles. The largest absolute Gasteiger partial charge is 0.481 e. The molecule has 0 aliphatic carbocycles. The van der Waals surface area contributed by atoms with E-state index in [4.69, 9.17) is 5.11 Å². The van der Waals surface area contributed by atoms with E-state index < -0.39 is 5.97 Å². The summed E-state index contributed by atoms with van der Waals surface area (Å²) in [5, 5.41) is 13.1. The van der Waals surface area contributed by atoms with Gasteiger partial charge in [0.15, 0.2) is 0 Å². The Morgan fingerprint density at radius 1 is 1.30 bits per heavy atom. The maximum Gasteiger partial charge on any atom is 0.303 e. The van der Waals surface area contributed by atoms with Crippen LogP contribution in [0.1, 0.15) is 29.8 Å². The number of aromatic nitrogens is 2. The summed E-state index contributed by atoms with van der Waals surface area (Å²) in [5.41, 5.74) is 4.20. The number of halogens is 1. The molecule has 0 amide bonds. The number of carbonyl (C=O) groups is 1. The number of carboxylic acid groups (broad SMARTS) is 1. The van der Waals surface area contributed by atoms with Crippen molar-refractivity contribution in [3.05, 3.63) is 45.7 Å². The van der Waals surface area contributed by atoms with Gasteiger partial charge in [-0.05, 0) is 60.3 Å². The number of aliphatic carboxylic acids is 1. The van der Waals surface area contributed by atoms with Crippen molar-refractivity contribution in [3.8, 4) is 5.69 Å². The van der Waals surface area contributed by atoms with E-state index >= 15 is 0 Å². The lowest BCUT2D eigenvalue weighted by Crippen LogP contribution is -2.00. The van der Waals surface area contributed by atoms with Crippen LogP contribution in [0.4, 0.5) is 0 Å². The summed E-state index contributed by atoms with van der Waals surface area (Å²) in [4.78, 5) is 10.5. The van der Waals surface area contributed by atoms with Crippen molar-refractivity contribution in [1.82, 2.24) is 9.78 Å². The normalized spacial score (nSPS) is 10.8. The van der Waals surface area contributed by atoms with Crippen LogP contribution in [0.2, 0.25) is 0 Å². The second-order valence-electron chi connectivity index (χ2n) is 4.81. The smallest absolute Gasteiger partial charge is 0.303 e. The molecule has 5 heteroatoms. The second kappa shape index (κ2) is 6.22. The zero-order chi connectivity index (χ0) is 14.7. The Morgan fingerprint density at radius 2 is 1.95 bits per heavy atom. The number of hydrogen-bond donors (Lipinski definition) is 1. The third-order valence-corrected chi connectivity index (χ3v) is 4.39. The van der Waals surface area contributed by atoms with Crippen LogP contribution < -0.4 is 0 Å². The molecule has 0 bridgehead atoms. The molecule has 0 fully saturated rings. The number of aryl methyl sites for hydroxylation is 2. The third-order valence-electron chi connectivity index (χ3n) is 3.24. The summed E-state index contributed by atoms with van der Waals surface area (Å²) in [7, 11) is 0. The summed E-state index contributed by atoms with van der Waals surface area (Å²) in [6, 6.07) is 8.09. The molecule has 106 valence electrons. The minimum absolute atomic E-state index is 0.214. The SMILES string of the molecule is Cc1nn(-c2ccc(CCCC(=O)O)cc2)c(C)c1Br. The first-order chi connectivity index (χ1) is 9.49. The Balaban J connectivity index is 2.11. The second-order valence-corrected chi connectivity index (χ2v) is 5.60. The molecule has 0 saturated heterocycles. The summed E-state index contributed by atoms with van der Waals surface area (Å²) in [6.07, 6.45) is 1.67. The fourth-order valence-electron chi connectivity index (χ4n) is 2.12. The lowest BCUT2D eigenvalue weighted by molar-refractivity contribution is -0.137. The van der Waals surface area contributed by atoms with Gasteiger partial charge in [0.1, 0.15) is 0 Å². The highest BCUT2D eigenvalue weighted by atomic mass is 79.9. The Morgan fingerprint density at radius 3 is 2.45 bits per heavy atom. The molecule has 0 spiro atoms. The summed E-state index contributed by atoms with van der Waals surface area (Å²) in [6.45, 7) is 3.98. The van der Waals surface area contributed by atoms with Gasteiger partial charge < -0.3 is 5.11 Å². The molecule has 1 aromatic carbocycles. The first-order valence-electron chi connectivity index (χ1n) is 6.52. The van der Waals surface area contributed by atoms with Crippen molar-refractivity contribution in [2.45, 2.75) is 33.1 Å². The van der Waals surface area contributed by atoms with Gasteiger partial charge in [-0.2, -0.15) is 5.10 Å². The van der Waals surface area contributed by atoms with Crippen molar-refractivity contribution >= 4 is 21.9 Å². The molecule has 0 saturated carbocycles. The summed E-state index contributed by atoms with van der Waals surface area (Å²) >= 11 is 3.52. The predicted octanol–water partition coefficient (Wildman–Crippen LogP) is 3.66. The van der Waals surface area contributed by atoms with Gasteiger partial charge >= 0.3 is 5.97 Å². The maximum atomic E-state index is 10.5. The van der Waals surface area contributed by atoms with Crippen LogP contribution in [-0.2, 0) is 11.2 Å². The van der Waals surface area contributed by atoms with Gasteiger partial charge in [0.2, 0.25) is 0 Å². The van der Waals surface area contributed by atoms with Crippen molar-refractivity contribution in [3.63, 3.8) is 0 Å². The van der Waals surface area contributed by atoms with Crippen LogP contribution in [0.25, 0.3) is 5.69 Å². The monoisotopic (exact) mass is 336 g/mol. The summed E-state index contributed by atoms with van der Waals surface area (Å²) < 4.78 is 2.93. The lowest BCUT2D eigenvalue weighted by atomic mass is 10.1. The average molecular weight is 337 g/mol. The van der Waals surface area contributed by atoms with Crippen LogP contribution in [0.15, 0.2) is 28.7 Å². The molecule has 4 nitrogen and oxygen atoms in total.